The first-order chi connectivity index (χ1) is 8.55. The summed E-state index contributed by atoms with van der Waals surface area (Å²) in [5, 5.41) is 7.61. The number of aromatic nitrogens is 3. The molecule has 1 fully saturated rings. The van der Waals surface area contributed by atoms with Gasteiger partial charge >= 0.3 is 5.69 Å². The second-order valence-corrected chi connectivity index (χ2v) is 5.75. The van der Waals surface area contributed by atoms with Crippen LogP contribution in [0.4, 0.5) is 0 Å². The van der Waals surface area contributed by atoms with Crippen LogP contribution < -0.4 is 11.0 Å². The zero-order chi connectivity index (χ0) is 12.8. The number of nitrogens with one attached hydrogen (secondary N) is 1. The van der Waals surface area contributed by atoms with Crippen molar-refractivity contribution in [3.63, 3.8) is 0 Å². The number of rotatable bonds is 2. The van der Waals surface area contributed by atoms with Gasteiger partial charge in [-0.15, -0.1) is 0 Å². The van der Waals surface area contributed by atoms with Gasteiger partial charge in [-0.2, -0.15) is 5.10 Å². The molecule has 1 aromatic rings. The number of hydrogen-bond acceptors (Lipinski definition) is 4. The Morgan fingerprint density at radius 1 is 1.56 bits per heavy atom. The number of hydrogen-bond donors (Lipinski definition) is 1. The van der Waals surface area contributed by atoms with E-state index in [4.69, 9.17) is 4.74 Å². The fourth-order valence-corrected chi connectivity index (χ4v) is 2.75. The molecule has 6 heteroatoms. The summed E-state index contributed by atoms with van der Waals surface area (Å²) in [5.41, 5.74) is -0.0605. The molecule has 3 rings (SSSR count). The first-order valence-electron chi connectivity index (χ1n) is 6.60. The summed E-state index contributed by atoms with van der Waals surface area (Å²) >= 11 is 0. The van der Waals surface area contributed by atoms with Crippen LogP contribution in [0.1, 0.15) is 32.5 Å². The Morgan fingerprint density at radius 2 is 2.39 bits per heavy atom. The van der Waals surface area contributed by atoms with Crippen LogP contribution in [0.5, 0.6) is 0 Å². The fourth-order valence-electron chi connectivity index (χ4n) is 2.75. The highest BCUT2D eigenvalue weighted by Crippen LogP contribution is 2.29. The van der Waals surface area contributed by atoms with Crippen molar-refractivity contribution in [3.05, 3.63) is 16.3 Å². The lowest BCUT2D eigenvalue weighted by atomic mass is 10.1. The van der Waals surface area contributed by atoms with Gasteiger partial charge in [-0.1, -0.05) is 0 Å². The Bertz CT molecular complexity index is 503. The molecule has 0 spiro atoms. The van der Waals surface area contributed by atoms with Crippen LogP contribution in [0.15, 0.2) is 4.79 Å². The van der Waals surface area contributed by atoms with Crippen molar-refractivity contribution < 1.29 is 4.74 Å². The SMILES string of the molecule is CC1(C)CCC(Cn2nc3n(c2=O)CCNC3)O1. The maximum Gasteiger partial charge on any atom is 0.346 e. The Hall–Kier alpha value is -1.14. The summed E-state index contributed by atoms with van der Waals surface area (Å²) in [4.78, 5) is 12.1. The smallest absolute Gasteiger partial charge is 0.346 e. The second-order valence-electron chi connectivity index (χ2n) is 5.75. The van der Waals surface area contributed by atoms with E-state index >= 15 is 0 Å². The van der Waals surface area contributed by atoms with Crippen molar-refractivity contribution >= 4 is 0 Å². The molecule has 6 nitrogen and oxygen atoms in total. The predicted octanol–water partition coefficient (Wildman–Crippen LogP) is 0.106. The minimum absolute atomic E-state index is 0.000180. The first kappa shape index (κ1) is 11.9. The topological polar surface area (TPSA) is 61.1 Å². The Labute approximate surface area is 106 Å². The molecule has 0 radical (unpaired) electrons. The van der Waals surface area contributed by atoms with Crippen LogP contribution in [0.2, 0.25) is 0 Å². The van der Waals surface area contributed by atoms with Crippen molar-refractivity contribution in [3.8, 4) is 0 Å². The Morgan fingerprint density at radius 3 is 3.06 bits per heavy atom. The van der Waals surface area contributed by atoms with Gasteiger partial charge in [-0.25, -0.2) is 9.48 Å². The Kier molecular flexibility index (Phi) is 2.79. The van der Waals surface area contributed by atoms with Crippen molar-refractivity contribution in [1.29, 1.82) is 0 Å². The lowest BCUT2D eigenvalue weighted by Crippen LogP contribution is -2.35. The molecule has 1 atom stereocenters. The van der Waals surface area contributed by atoms with Crippen molar-refractivity contribution in [1.82, 2.24) is 19.7 Å². The molecule has 0 amide bonds. The average molecular weight is 252 g/mol. The van der Waals surface area contributed by atoms with Gasteiger partial charge in [0.05, 0.1) is 24.8 Å². The molecule has 0 saturated carbocycles. The summed E-state index contributed by atoms with van der Waals surface area (Å²) in [6.07, 6.45) is 2.16. The minimum Gasteiger partial charge on any atom is -0.370 e. The molecular weight excluding hydrogens is 232 g/mol. The molecule has 2 aliphatic rings. The number of fused-ring (bicyclic) bond motifs is 1. The third-order valence-electron chi connectivity index (χ3n) is 3.73. The van der Waals surface area contributed by atoms with Crippen LogP contribution >= 0.6 is 0 Å². The van der Waals surface area contributed by atoms with Gasteiger partial charge in [-0.05, 0) is 26.7 Å². The van der Waals surface area contributed by atoms with E-state index in [-0.39, 0.29) is 17.4 Å². The van der Waals surface area contributed by atoms with E-state index in [1.807, 2.05) is 0 Å². The van der Waals surface area contributed by atoms with E-state index in [0.717, 1.165) is 25.2 Å². The molecule has 0 bridgehead atoms. The molecule has 1 N–H and O–H groups in total. The Balaban J connectivity index is 1.78. The highest BCUT2D eigenvalue weighted by atomic mass is 16.5. The molecule has 100 valence electrons. The maximum atomic E-state index is 12.1. The lowest BCUT2D eigenvalue weighted by Gasteiger charge is -2.18. The van der Waals surface area contributed by atoms with Gasteiger partial charge < -0.3 is 10.1 Å². The van der Waals surface area contributed by atoms with Gasteiger partial charge in [0, 0.05) is 13.1 Å². The van der Waals surface area contributed by atoms with Crippen LogP contribution in [-0.4, -0.2) is 32.6 Å². The van der Waals surface area contributed by atoms with Crippen molar-refractivity contribution in [2.45, 2.75) is 58.0 Å². The quantitative estimate of drug-likeness (QED) is 0.811. The van der Waals surface area contributed by atoms with Gasteiger partial charge in [0.1, 0.15) is 5.82 Å². The van der Waals surface area contributed by atoms with Crippen molar-refractivity contribution in [2.75, 3.05) is 6.54 Å². The molecule has 1 unspecified atom stereocenters. The highest BCUT2D eigenvalue weighted by Gasteiger charge is 2.32. The standard InChI is InChI=1S/C12H20N4O2/c1-12(2)4-3-9(18-12)8-16-11(17)15-6-5-13-7-10(15)14-16/h9,13H,3-8H2,1-2H3. The largest absolute Gasteiger partial charge is 0.370 e. The first-order valence-corrected chi connectivity index (χ1v) is 6.60. The minimum atomic E-state index is -0.0603. The van der Waals surface area contributed by atoms with Gasteiger partial charge in [0.25, 0.3) is 0 Å². The number of ether oxygens (including phenoxy) is 1. The second kappa shape index (κ2) is 4.20. The molecule has 18 heavy (non-hydrogen) atoms. The fraction of sp³-hybridized carbons (Fsp3) is 0.833. The van der Waals surface area contributed by atoms with Crippen LogP contribution in [-0.2, 0) is 24.4 Å². The lowest BCUT2D eigenvalue weighted by molar-refractivity contribution is -0.0234. The third kappa shape index (κ3) is 2.10. The van der Waals surface area contributed by atoms with E-state index in [1.165, 1.54) is 0 Å². The summed E-state index contributed by atoms with van der Waals surface area (Å²) in [6, 6.07) is 0. The molecule has 0 aliphatic carbocycles. The summed E-state index contributed by atoms with van der Waals surface area (Å²) in [7, 11) is 0. The predicted molar refractivity (Wildman–Crippen MR) is 66.4 cm³/mol. The van der Waals surface area contributed by atoms with Crippen LogP contribution in [0, 0.1) is 0 Å². The van der Waals surface area contributed by atoms with Crippen LogP contribution in [0.25, 0.3) is 0 Å². The van der Waals surface area contributed by atoms with E-state index < -0.39 is 0 Å². The van der Waals surface area contributed by atoms with E-state index in [9.17, 15) is 4.79 Å². The van der Waals surface area contributed by atoms with E-state index in [0.29, 0.717) is 19.6 Å². The number of nitrogens with zero attached hydrogens (tertiary/aromatic N) is 3. The zero-order valence-corrected chi connectivity index (χ0v) is 11.0. The average Bonchev–Trinajstić information content (AvgIpc) is 2.82. The zero-order valence-electron chi connectivity index (χ0n) is 11.0. The monoisotopic (exact) mass is 252 g/mol. The molecule has 3 heterocycles. The summed E-state index contributed by atoms with van der Waals surface area (Å²) < 4.78 is 9.24. The molecule has 0 aromatic carbocycles. The molecule has 1 aromatic heterocycles. The van der Waals surface area contributed by atoms with Gasteiger partial charge in [0.2, 0.25) is 0 Å². The maximum absolute atomic E-state index is 12.1. The van der Waals surface area contributed by atoms with Crippen molar-refractivity contribution in [2.24, 2.45) is 0 Å². The normalized spacial score (nSPS) is 26.2. The molecule has 2 aliphatic heterocycles. The molecular formula is C12H20N4O2. The van der Waals surface area contributed by atoms with Gasteiger partial charge in [0.15, 0.2) is 0 Å². The van der Waals surface area contributed by atoms with E-state index in [1.54, 1.807) is 9.25 Å². The van der Waals surface area contributed by atoms with Gasteiger partial charge in [-0.3, -0.25) is 4.57 Å². The van der Waals surface area contributed by atoms with E-state index in [2.05, 4.69) is 24.3 Å². The summed E-state index contributed by atoms with van der Waals surface area (Å²) in [5.74, 6) is 0.837. The third-order valence-corrected chi connectivity index (χ3v) is 3.73. The highest BCUT2D eigenvalue weighted by molar-refractivity contribution is 4.91. The van der Waals surface area contributed by atoms with Crippen LogP contribution in [0.3, 0.4) is 0 Å². The molecule has 1 saturated heterocycles. The summed E-state index contributed by atoms with van der Waals surface area (Å²) in [6.45, 7) is 6.99.